The molecule has 0 aliphatic carbocycles. The molecular weight excluding hydrogens is 303 g/mol. The molecule has 0 unspecified atom stereocenters. The Morgan fingerprint density at radius 3 is 2.36 bits per heavy atom. The van der Waals surface area contributed by atoms with Crippen LogP contribution in [0, 0.1) is 12.7 Å². The molecule has 1 N–H and O–H groups in total. The van der Waals surface area contributed by atoms with Gasteiger partial charge in [0.05, 0.1) is 0 Å². The number of rotatable bonds is 4. The molecule has 1 aromatic heterocycles. The van der Waals surface area contributed by atoms with Crippen molar-refractivity contribution in [3.63, 3.8) is 0 Å². The highest BCUT2D eigenvalue weighted by Crippen LogP contribution is 2.18. The highest BCUT2D eigenvalue weighted by Gasteiger charge is 2.04. The number of carbonyl (C=O) groups excluding carboxylic acids is 1. The lowest BCUT2D eigenvalue weighted by atomic mass is 10.2. The first-order valence-corrected chi connectivity index (χ1v) is 7.69. The Kier molecular flexibility index (Phi) is 10.8. The minimum Gasteiger partial charge on any atom is -0.354 e. The van der Waals surface area contributed by atoms with Gasteiger partial charge in [-0.15, -0.1) is 0 Å². The predicted molar refractivity (Wildman–Crippen MR) is 90.5 cm³/mol. The third kappa shape index (κ3) is 6.76. The fourth-order valence-electron chi connectivity index (χ4n) is 1.70. The molecule has 1 amide bonds. The lowest BCUT2D eigenvalue weighted by molar-refractivity contribution is -0.109. The van der Waals surface area contributed by atoms with Crippen molar-refractivity contribution in [3.8, 4) is 0 Å². The van der Waals surface area contributed by atoms with Gasteiger partial charge in [-0.3, -0.25) is 4.79 Å². The molecule has 1 heterocycles. The van der Waals surface area contributed by atoms with Crippen molar-refractivity contribution in [1.82, 2.24) is 9.88 Å². The quantitative estimate of drug-likeness (QED) is 0.821. The molecule has 2 aromatic rings. The molecule has 0 spiro atoms. The molecule has 5 heteroatoms. The summed E-state index contributed by atoms with van der Waals surface area (Å²) in [5.41, 5.74) is 1.65. The van der Waals surface area contributed by atoms with Gasteiger partial charge in [0.15, 0.2) is 0 Å². The molecule has 0 radical (unpaired) electrons. The van der Waals surface area contributed by atoms with E-state index in [1.54, 1.807) is 6.07 Å². The van der Waals surface area contributed by atoms with Crippen LogP contribution in [-0.4, -0.2) is 11.0 Å². The Bertz CT molecular complexity index is 535. The lowest BCUT2D eigenvalue weighted by Gasteiger charge is -2.03. The van der Waals surface area contributed by atoms with E-state index >= 15 is 0 Å². The molecule has 0 bridgehead atoms. The second-order valence-corrected chi connectivity index (χ2v) is 4.54. The SMILES string of the molecule is CC.CCn1cccc1C.O=CNCc1c(F)cccc1Cl. The minimum atomic E-state index is -0.406. The van der Waals surface area contributed by atoms with Crippen LogP contribution >= 0.6 is 11.6 Å². The van der Waals surface area contributed by atoms with Crippen molar-refractivity contribution < 1.29 is 9.18 Å². The molecule has 2 rings (SSSR count). The topological polar surface area (TPSA) is 34.0 Å². The molecule has 0 fully saturated rings. The normalized spacial score (nSPS) is 9.00. The van der Waals surface area contributed by atoms with E-state index in [1.807, 2.05) is 13.8 Å². The van der Waals surface area contributed by atoms with E-state index in [4.69, 9.17) is 11.6 Å². The zero-order valence-corrected chi connectivity index (χ0v) is 14.3. The first kappa shape index (κ1) is 20.2. The maximum Gasteiger partial charge on any atom is 0.207 e. The van der Waals surface area contributed by atoms with Gasteiger partial charge in [0.1, 0.15) is 5.82 Å². The summed E-state index contributed by atoms with van der Waals surface area (Å²) in [6.07, 6.45) is 2.60. The number of nitrogens with one attached hydrogen (secondary N) is 1. The second kappa shape index (κ2) is 11.8. The maximum absolute atomic E-state index is 12.9. The first-order valence-electron chi connectivity index (χ1n) is 7.31. The van der Waals surface area contributed by atoms with E-state index in [0.717, 1.165) is 6.54 Å². The van der Waals surface area contributed by atoms with Crippen LogP contribution in [0.1, 0.15) is 32.0 Å². The third-order valence-corrected chi connectivity index (χ3v) is 3.18. The summed E-state index contributed by atoms with van der Waals surface area (Å²) >= 11 is 5.67. The van der Waals surface area contributed by atoms with E-state index in [2.05, 4.69) is 42.1 Å². The standard InChI is InChI=1S/C8H7ClFNO.C7H11N.C2H6/c9-7-2-1-3-8(10)6(7)4-11-5-12;1-3-8-6-4-5-7(8)2;1-2/h1-3,5H,4H2,(H,11,12);4-6H,3H2,1-2H3;1-2H3. The Balaban J connectivity index is 0.000000382. The van der Waals surface area contributed by atoms with Crippen molar-refractivity contribution in [2.75, 3.05) is 0 Å². The van der Waals surface area contributed by atoms with Gasteiger partial charge in [-0.05, 0) is 38.1 Å². The van der Waals surface area contributed by atoms with E-state index in [0.29, 0.717) is 17.0 Å². The summed E-state index contributed by atoms with van der Waals surface area (Å²) in [7, 11) is 0. The Morgan fingerprint density at radius 1 is 1.27 bits per heavy atom. The fourth-order valence-corrected chi connectivity index (χ4v) is 1.93. The highest BCUT2D eigenvalue weighted by molar-refractivity contribution is 6.31. The number of amides is 1. The van der Waals surface area contributed by atoms with Crippen LogP contribution in [0.15, 0.2) is 36.5 Å². The fraction of sp³-hybridized carbons (Fsp3) is 0.353. The molecule has 0 aliphatic rings. The number of halogens is 2. The summed E-state index contributed by atoms with van der Waals surface area (Å²) in [4.78, 5) is 9.92. The van der Waals surface area contributed by atoms with Gasteiger partial charge in [-0.1, -0.05) is 31.5 Å². The van der Waals surface area contributed by atoms with Crippen LogP contribution < -0.4 is 5.32 Å². The van der Waals surface area contributed by atoms with Crippen molar-refractivity contribution in [1.29, 1.82) is 0 Å². The van der Waals surface area contributed by atoms with E-state index < -0.39 is 5.82 Å². The molecule has 0 saturated carbocycles. The number of carbonyl (C=O) groups is 1. The van der Waals surface area contributed by atoms with E-state index in [-0.39, 0.29) is 6.54 Å². The van der Waals surface area contributed by atoms with Crippen molar-refractivity contribution in [2.24, 2.45) is 0 Å². The van der Waals surface area contributed by atoms with Gasteiger partial charge < -0.3 is 9.88 Å². The van der Waals surface area contributed by atoms with Crippen LogP contribution in [0.5, 0.6) is 0 Å². The zero-order valence-electron chi connectivity index (χ0n) is 13.6. The van der Waals surface area contributed by atoms with E-state index in [1.165, 1.54) is 17.8 Å². The number of hydrogen-bond donors (Lipinski definition) is 1. The summed E-state index contributed by atoms with van der Waals surface area (Å²) < 4.78 is 15.1. The number of nitrogens with zero attached hydrogens (tertiary/aromatic N) is 1. The zero-order chi connectivity index (χ0) is 17.0. The van der Waals surface area contributed by atoms with Gasteiger partial charge in [-0.25, -0.2) is 4.39 Å². The number of benzene rings is 1. The Labute approximate surface area is 137 Å². The predicted octanol–water partition coefficient (Wildman–Crippen LogP) is 4.57. The summed E-state index contributed by atoms with van der Waals surface area (Å²) in [5, 5.41) is 2.66. The molecule has 0 saturated heterocycles. The van der Waals surface area contributed by atoms with Crippen LogP contribution in [0.3, 0.4) is 0 Å². The van der Waals surface area contributed by atoms with Crippen LogP contribution in [0.4, 0.5) is 4.39 Å². The smallest absolute Gasteiger partial charge is 0.207 e. The van der Waals surface area contributed by atoms with Gasteiger partial charge in [0, 0.05) is 35.6 Å². The first-order chi connectivity index (χ1) is 10.6. The minimum absolute atomic E-state index is 0.120. The Hall–Kier alpha value is -1.81. The van der Waals surface area contributed by atoms with Gasteiger partial charge in [0.25, 0.3) is 0 Å². The third-order valence-electron chi connectivity index (χ3n) is 2.82. The molecule has 122 valence electrons. The van der Waals surface area contributed by atoms with Crippen LogP contribution in [0.25, 0.3) is 0 Å². The maximum atomic E-state index is 12.9. The molecule has 0 atom stereocenters. The van der Waals surface area contributed by atoms with Crippen molar-refractivity contribution in [2.45, 2.75) is 40.8 Å². The molecular formula is C17H24ClFN2O. The van der Waals surface area contributed by atoms with Gasteiger partial charge in [0.2, 0.25) is 6.41 Å². The van der Waals surface area contributed by atoms with E-state index in [9.17, 15) is 9.18 Å². The average Bonchev–Trinajstić information content (AvgIpc) is 2.95. The van der Waals surface area contributed by atoms with Crippen molar-refractivity contribution in [3.05, 3.63) is 58.6 Å². The summed E-state index contributed by atoms with van der Waals surface area (Å²) in [5.74, 6) is -0.406. The Morgan fingerprint density at radius 2 is 1.95 bits per heavy atom. The monoisotopic (exact) mass is 326 g/mol. The number of hydrogen-bond acceptors (Lipinski definition) is 1. The average molecular weight is 327 g/mol. The lowest BCUT2D eigenvalue weighted by Crippen LogP contribution is -2.11. The van der Waals surface area contributed by atoms with Crippen LogP contribution in [0.2, 0.25) is 5.02 Å². The molecule has 22 heavy (non-hydrogen) atoms. The second-order valence-electron chi connectivity index (χ2n) is 4.13. The molecule has 0 aliphatic heterocycles. The molecule has 3 nitrogen and oxygen atoms in total. The molecule has 1 aromatic carbocycles. The summed E-state index contributed by atoms with van der Waals surface area (Å²) in [6.45, 7) is 9.46. The van der Waals surface area contributed by atoms with Crippen LogP contribution in [-0.2, 0) is 17.9 Å². The van der Waals surface area contributed by atoms with Gasteiger partial charge in [-0.2, -0.15) is 0 Å². The number of aromatic nitrogens is 1. The van der Waals surface area contributed by atoms with Crippen molar-refractivity contribution >= 4 is 18.0 Å². The number of aryl methyl sites for hydroxylation is 2. The van der Waals surface area contributed by atoms with Gasteiger partial charge >= 0.3 is 0 Å². The summed E-state index contributed by atoms with van der Waals surface area (Å²) in [6, 6.07) is 8.57. The largest absolute Gasteiger partial charge is 0.354 e. The highest BCUT2D eigenvalue weighted by atomic mass is 35.5.